The Morgan fingerprint density at radius 1 is 1.47 bits per heavy atom. The average molecular weight is 235 g/mol. The van der Waals surface area contributed by atoms with Crippen LogP contribution in [0.25, 0.3) is 0 Å². The number of nitrogens with two attached hydrogens (primary N) is 1. The molecule has 0 radical (unpaired) electrons. The number of aryl methyl sites for hydroxylation is 1. The van der Waals surface area contributed by atoms with E-state index in [4.69, 9.17) is 10.5 Å². The van der Waals surface area contributed by atoms with Gasteiger partial charge < -0.3 is 15.4 Å². The van der Waals surface area contributed by atoms with Crippen LogP contribution in [0.3, 0.4) is 0 Å². The van der Waals surface area contributed by atoms with Crippen molar-refractivity contribution in [3.8, 4) is 0 Å². The van der Waals surface area contributed by atoms with E-state index in [1.807, 2.05) is 13.0 Å². The standard InChI is InChI=1S/C13H21N3O/c1-9-4-12(6-14)5-13(15-9)16-7-11(3)17-8-10(16)2/h4-5,10-11H,6-8,14H2,1-3H3. The van der Waals surface area contributed by atoms with E-state index < -0.39 is 0 Å². The molecule has 17 heavy (non-hydrogen) atoms. The number of anilines is 1. The minimum atomic E-state index is 0.259. The average Bonchev–Trinajstić information content (AvgIpc) is 2.31. The first-order chi connectivity index (χ1) is 8.10. The van der Waals surface area contributed by atoms with Crippen LogP contribution in [0.4, 0.5) is 5.82 Å². The predicted octanol–water partition coefficient (Wildman–Crippen LogP) is 1.46. The fraction of sp³-hybridized carbons (Fsp3) is 0.615. The lowest BCUT2D eigenvalue weighted by molar-refractivity contribution is 0.0340. The number of rotatable bonds is 2. The van der Waals surface area contributed by atoms with Gasteiger partial charge in [-0.3, -0.25) is 0 Å². The van der Waals surface area contributed by atoms with Crippen LogP contribution >= 0.6 is 0 Å². The molecular formula is C13H21N3O. The number of hydrogen-bond acceptors (Lipinski definition) is 4. The summed E-state index contributed by atoms with van der Waals surface area (Å²) in [7, 11) is 0. The van der Waals surface area contributed by atoms with Gasteiger partial charge in [-0.25, -0.2) is 4.98 Å². The quantitative estimate of drug-likeness (QED) is 0.843. The van der Waals surface area contributed by atoms with Gasteiger partial charge in [-0.2, -0.15) is 0 Å². The normalized spacial score (nSPS) is 25.1. The van der Waals surface area contributed by atoms with E-state index in [2.05, 4.69) is 29.8 Å². The van der Waals surface area contributed by atoms with E-state index >= 15 is 0 Å². The molecule has 1 aromatic rings. The Bertz CT molecular complexity index is 394. The molecule has 2 N–H and O–H groups in total. The Morgan fingerprint density at radius 3 is 2.94 bits per heavy atom. The lowest BCUT2D eigenvalue weighted by Gasteiger charge is -2.38. The summed E-state index contributed by atoms with van der Waals surface area (Å²) in [5, 5.41) is 0. The topological polar surface area (TPSA) is 51.4 Å². The van der Waals surface area contributed by atoms with E-state index in [0.717, 1.165) is 30.2 Å². The van der Waals surface area contributed by atoms with Crippen molar-refractivity contribution in [2.24, 2.45) is 5.73 Å². The summed E-state index contributed by atoms with van der Waals surface area (Å²) in [4.78, 5) is 6.91. The maximum absolute atomic E-state index is 5.71. The highest BCUT2D eigenvalue weighted by Gasteiger charge is 2.24. The summed E-state index contributed by atoms with van der Waals surface area (Å²) < 4.78 is 5.63. The zero-order valence-electron chi connectivity index (χ0n) is 10.8. The van der Waals surface area contributed by atoms with Gasteiger partial charge in [-0.1, -0.05) is 0 Å². The Labute approximate surface area is 103 Å². The van der Waals surface area contributed by atoms with Gasteiger partial charge in [0, 0.05) is 18.8 Å². The monoisotopic (exact) mass is 235 g/mol. The zero-order chi connectivity index (χ0) is 12.4. The molecular weight excluding hydrogens is 214 g/mol. The van der Waals surface area contributed by atoms with E-state index in [0.29, 0.717) is 12.6 Å². The summed E-state index contributed by atoms with van der Waals surface area (Å²) in [6.07, 6.45) is 0.259. The summed E-state index contributed by atoms with van der Waals surface area (Å²) in [5.41, 5.74) is 7.87. The van der Waals surface area contributed by atoms with Crippen LogP contribution < -0.4 is 10.6 Å². The van der Waals surface area contributed by atoms with Crippen molar-refractivity contribution < 1.29 is 4.74 Å². The molecule has 0 amide bonds. The van der Waals surface area contributed by atoms with Gasteiger partial charge in [-0.15, -0.1) is 0 Å². The highest BCUT2D eigenvalue weighted by molar-refractivity contribution is 5.44. The maximum Gasteiger partial charge on any atom is 0.129 e. The Hall–Kier alpha value is -1.13. The smallest absolute Gasteiger partial charge is 0.129 e. The number of hydrogen-bond donors (Lipinski definition) is 1. The minimum absolute atomic E-state index is 0.259. The molecule has 1 saturated heterocycles. The molecule has 2 unspecified atom stereocenters. The van der Waals surface area contributed by atoms with Crippen LogP contribution in [-0.4, -0.2) is 30.3 Å². The third-order valence-electron chi connectivity index (χ3n) is 3.14. The molecule has 2 atom stereocenters. The summed E-state index contributed by atoms with van der Waals surface area (Å²) in [5.74, 6) is 1.02. The molecule has 1 aliphatic rings. The number of nitrogens with zero attached hydrogens (tertiary/aromatic N) is 2. The maximum atomic E-state index is 5.71. The molecule has 0 bridgehead atoms. The van der Waals surface area contributed by atoms with Gasteiger partial charge >= 0.3 is 0 Å². The fourth-order valence-electron chi connectivity index (χ4n) is 2.21. The van der Waals surface area contributed by atoms with Crippen molar-refractivity contribution in [3.05, 3.63) is 23.4 Å². The third-order valence-corrected chi connectivity index (χ3v) is 3.14. The van der Waals surface area contributed by atoms with Crippen LogP contribution in [0.5, 0.6) is 0 Å². The molecule has 0 spiro atoms. The van der Waals surface area contributed by atoms with Crippen LogP contribution in [0.2, 0.25) is 0 Å². The molecule has 1 aromatic heterocycles. The Balaban J connectivity index is 2.28. The lowest BCUT2D eigenvalue weighted by atomic mass is 10.1. The van der Waals surface area contributed by atoms with Gasteiger partial charge in [0.1, 0.15) is 5.82 Å². The van der Waals surface area contributed by atoms with Crippen molar-refractivity contribution in [1.29, 1.82) is 0 Å². The van der Waals surface area contributed by atoms with E-state index in [9.17, 15) is 0 Å². The van der Waals surface area contributed by atoms with Gasteiger partial charge in [0.2, 0.25) is 0 Å². The molecule has 0 saturated carbocycles. The molecule has 0 aliphatic carbocycles. The minimum Gasteiger partial charge on any atom is -0.375 e. The summed E-state index contributed by atoms with van der Waals surface area (Å²) in [6.45, 7) is 8.48. The molecule has 94 valence electrons. The molecule has 0 aromatic carbocycles. The van der Waals surface area contributed by atoms with E-state index in [-0.39, 0.29) is 6.10 Å². The molecule has 4 nitrogen and oxygen atoms in total. The second-order valence-electron chi connectivity index (χ2n) is 4.82. The van der Waals surface area contributed by atoms with Gasteiger partial charge in [0.25, 0.3) is 0 Å². The molecule has 1 fully saturated rings. The van der Waals surface area contributed by atoms with Gasteiger partial charge in [0.15, 0.2) is 0 Å². The summed E-state index contributed by atoms with van der Waals surface area (Å²) in [6, 6.07) is 4.49. The lowest BCUT2D eigenvalue weighted by Crippen LogP contribution is -2.47. The number of aromatic nitrogens is 1. The van der Waals surface area contributed by atoms with Gasteiger partial charge in [-0.05, 0) is 38.5 Å². The first-order valence-corrected chi connectivity index (χ1v) is 6.16. The molecule has 1 aliphatic heterocycles. The van der Waals surface area contributed by atoms with Crippen molar-refractivity contribution in [2.45, 2.75) is 39.5 Å². The fourth-order valence-corrected chi connectivity index (χ4v) is 2.21. The second kappa shape index (κ2) is 5.02. The predicted molar refractivity (Wildman–Crippen MR) is 69.1 cm³/mol. The van der Waals surface area contributed by atoms with Gasteiger partial charge in [0.05, 0.1) is 18.8 Å². The largest absolute Gasteiger partial charge is 0.375 e. The Morgan fingerprint density at radius 2 is 2.24 bits per heavy atom. The van der Waals surface area contributed by atoms with E-state index in [1.165, 1.54) is 0 Å². The van der Waals surface area contributed by atoms with Crippen LogP contribution in [0.15, 0.2) is 12.1 Å². The third kappa shape index (κ3) is 2.76. The van der Waals surface area contributed by atoms with Crippen LogP contribution in [-0.2, 0) is 11.3 Å². The van der Waals surface area contributed by atoms with Crippen LogP contribution in [0.1, 0.15) is 25.1 Å². The molecule has 2 rings (SSSR count). The highest BCUT2D eigenvalue weighted by atomic mass is 16.5. The number of ether oxygens (including phenoxy) is 1. The molecule has 4 heteroatoms. The van der Waals surface area contributed by atoms with Crippen molar-refractivity contribution >= 4 is 5.82 Å². The van der Waals surface area contributed by atoms with Crippen molar-refractivity contribution in [3.63, 3.8) is 0 Å². The first kappa shape index (κ1) is 12.3. The zero-order valence-corrected chi connectivity index (χ0v) is 10.8. The number of morpholine rings is 1. The first-order valence-electron chi connectivity index (χ1n) is 6.16. The van der Waals surface area contributed by atoms with Crippen LogP contribution in [0, 0.1) is 6.92 Å². The van der Waals surface area contributed by atoms with Crippen molar-refractivity contribution in [2.75, 3.05) is 18.1 Å². The number of pyridine rings is 1. The Kier molecular flexibility index (Phi) is 3.64. The van der Waals surface area contributed by atoms with Crippen molar-refractivity contribution in [1.82, 2.24) is 4.98 Å². The SMILES string of the molecule is Cc1cc(CN)cc(N2CC(C)OCC2C)n1. The molecule has 2 heterocycles. The highest BCUT2D eigenvalue weighted by Crippen LogP contribution is 2.21. The van der Waals surface area contributed by atoms with E-state index in [1.54, 1.807) is 0 Å². The second-order valence-corrected chi connectivity index (χ2v) is 4.82. The summed E-state index contributed by atoms with van der Waals surface area (Å²) >= 11 is 0.